The van der Waals surface area contributed by atoms with Gasteiger partial charge in [0, 0.05) is 6.61 Å². The zero-order chi connectivity index (χ0) is 6.41. The first-order chi connectivity index (χ1) is 3.81. The van der Waals surface area contributed by atoms with Gasteiger partial charge in [-0.1, -0.05) is 19.6 Å². The molecule has 0 aromatic heterocycles. The second-order valence-corrected chi connectivity index (χ2v) is 1.77. The zero-order valence-corrected chi connectivity index (χ0v) is 5.55. The maximum Gasteiger partial charge on any atom is 0.0730 e. The predicted octanol–water partition coefficient (Wildman–Crippen LogP) is 1.79. The monoisotopic (exact) mass is 113 g/mol. The molecule has 1 nitrogen and oxygen atoms in total. The van der Waals surface area contributed by atoms with Gasteiger partial charge < -0.3 is 4.74 Å². The van der Waals surface area contributed by atoms with Gasteiger partial charge in [0.1, 0.15) is 0 Å². The lowest BCUT2D eigenvalue weighted by Gasteiger charge is -2.04. The van der Waals surface area contributed by atoms with Crippen molar-refractivity contribution in [2.24, 2.45) is 0 Å². The molecule has 0 saturated carbocycles. The lowest BCUT2D eigenvalue weighted by molar-refractivity contribution is 0.0981. The van der Waals surface area contributed by atoms with Crippen molar-refractivity contribution in [1.82, 2.24) is 0 Å². The summed E-state index contributed by atoms with van der Waals surface area (Å²) >= 11 is 0. The van der Waals surface area contributed by atoms with Crippen molar-refractivity contribution in [2.75, 3.05) is 6.61 Å². The highest BCUT2D eigenvalue weighted by molar-refractivity contribution is 4.71. The second-order valence-electron chi connectivity index (χ2n) is 1.77. The average Bonchev–Trinajstić information content (AvgIpc) is 1.83. The highest BCUT2D eigenvalue weighted by Crippen LogP contribution is 1.90. The molecule has 1 unspecified atom stereocenters. The van der Waals surface area contributed by atoms with Crippen molar-refractivity contribution >= 4 is 0 Å². The molecule has 0 aliphatic carbocycles. The molecule has 0 aromatic rings. The van der Waals surface area contributed by atoms with Gasteiger partial charge in [-0.2, -0.15) is 0 Å². The molecule has 1 radical (unpaired) electrons. The summed E-state index contributed by atoms with van der Waals surface area (Å²) in [5.74, 6) is 0. The Kier molecular flexibility index (Phi) is 4.67. The Morgan fingerprint density at radius 3 is 2.75 bits per heavy atom. The van der Waals surface area contributed by atoms with Crippen LogP contribution in [0.3, 0.4) is 0 Å². The minimum absolute atomic E-state index is 0.106. The Morgan fingerprint density at radius 1 is 1.75 bits per heavy atom. The van der Waals surface area contributed by atoms with Crippen LogP contribution in [0.1, 0.15) is 20.3 Å². The summed E-state index contributed by atoms with van der Waals surface area (Å²) in [5, 5.41) is 0. The highest BCUT2D eigenvalue weighted by Gasteiger charge is 1.90. The van der Waals surface area contributed by atoms with Crippen LogP contribution in [0.5, 0.6) is 0 Å². The molecule has 8 heavy (non-hydrogen) atoms. The molecule has 0 bridgehead atoms. The largest absolute Gasteiger partial charge is 0.374 e. The van der Waals surface area contributed by atoms with Crippen molar-refractivity contribution in [3.8, 4) is 0 Å². The van der Waals surface area contributed by atoms with Gasteiger partial charge in [0.2, 0.25) is 0 Å². The molecule has 0 spiro atoms. The van der Waals surface area contributed by atoms with Gasteiger partial charge in [-0.3, -0.25) is 0 Å². The summed E-state index contributed by atoms with van der Waals surface area (Å²) in [6.07, 6.45) is 2.71. The van der Waals surface area contributed by atoms with Crippen molar-refractivity contribution in [2.45, 2.75) is 26.4 Å². The van der Waals surface area contributed by atoms with Crippen molar-refractivity contribution < 1.29 is 4.74 Å². The molecular weight excluding hydrogens is 100 g/mol. The molecule has 1 atom stereocenters. The van der Waals surface area contributed by atoms with Crippen LogP contribution in [-0.4, -0.2) is 12.7 Å². The molecule has 0 fully saturated rings. The van der Waals surface area contributed by atoms with Crippen LogP contribution in [0.4, 0.5) is 0 Å². The van der Waals surface area contributed by atoms with E-state index in [0.29, 0.717) is 0 Å². The summed E-state index contributed by atoms with van der Waals surface area (Å²) in [6, 6.07) is 0. The summed E-state index contributed by atoms with van der Waals surface area (Å²) in [5.41, 5.74) is 0. The van der Waals surface area contributed by atoms with E-state index in [0.717, 1.165) is 13.0 Å². The maximum absolute atomic E-state index is 5.16. The standard InChI is InChI=1S/C7H13O/c1-4-6-8-7(3)5-2/h2,5,7H,4,6H2,1,3H3. The molecule has 0 aromatic carbocycles. The third-order valence-corrected chi connectivity index (χ3v) is 0.856. The van der Waals surface area contributed by atoms with Crippen LogP contribution < -0.4 is 0 Å². The topological polar surface area (TPSA) is 9.23 Å². The van der Waals surface area contributed by atoms with Crippen molar-refractivity contribution in [3.63, 3.8) is 0 Å². The maximum atomic E-state index is 5.16. The van der Waals surface area contributed by atoms with Gasteiger partial charge in [-0.25, -0.2) is 0 Å². The number of hydrogen-bond donors (Lipinski definition) is 0. The lowest BCUT2D eigenvalue weighted by Crippen LogP contribution is -2.03. The predicted molar refractivity (Wildman–Crippen MR) is 34.6 cm³/mol. The minimum Gasteiger partial charge on any atom is -0.374 e. The Hall–Kier alpha value is -0.300. The van der Waals surface area contributed by atoms with E-state index < -0.39 is 0 Å². The Labute approximate surface area is 51.4 Å². The van der Waals surface area contributed by atoms with Gasteiger partial charge in [-0.05, 0) is 13.3 Å². The first kappa shape index (κ1) is 7.70. The van der Waals surface area contributed by atoms with E-state index in [1.165, 1.54) is 0 Å². The van der Waals surface area contributed by atoms with Crippen LogP contribution in [0.15, 0.2) is 6.08 Å². The fourth-order valence-corrected chi connectivity index (χ4v) is 0.359. The number of rotatable bonds is 4. The fraction of sp³-hybridized carbons (Fsp3) is 0.714. The SMILES string of the molecule is [CH]=CC(C)OCCC. The smallest absolute Gasteiger partial charge is 0.0730 e. The van der Waals surface area contributed by atoms with E-state index in [4.69, 9.17) is 11.3 Å². The average molecular weight is 113 g/mol. The first-order valence-corrected chi connectivity index (χ1v) is 2.98. The molecule has 47 valence electrons. The summed E-state index contributed by atoms with van der Waals surface area (Å²) in [7, 11) is 0. The molecule has 0 aliphatic heterocycles. The summed E-state index contributed by atoms with van der Waals surface area (Å²) in [4.78, 5) is 0. The molecule has 0 N–H and O–H groups in total. The zero-order valence-electron chi connectivity index (χ0n) is 5.55. The Bertz CT molecular complexity index is 59.4. The molecule has 0 heterocycles. The van der Waals surface area contributed by atoms with Gasteiger partial charge in [0.05, 0.1) is 6.10 Å². The second kappa shape index (κ2) is 4.85. The van der Waals surface area contributed by atoms with E-state index in [2.05, 4.69) is 6.92 Å². The molecular formula is C7H13O. The van der Waals surface area contributed by atoms with E-state index in [-0.39, 0.29) is 6.10 Å². The van der Waals surface area contributed by atoms with Gasteiger partial charge >= 0.3 is 0 Å². The highest BCUT2D eigenvalue weighted by atomic mass is 16.5. The third-order valence-electron chi connectivity index (χ3n) is 0.856. The van der Waals surface area contributed by atoms with Crippen LogP contribution in [-0.2, 0) is 4.74 Å². The number of ether oxygens (including phenoxy) is 1. The van der Waals surface area contributed by atoms with Crippen LogP contribution in [0, 0.1) is 6.58 Å². The summed E-state index contributed by atoms with van der Waals surface area (Å²) < 4.78 is 5.16. The van der Waals surface area contributed by atoms with Crippen LogP contribution in [0.25, 0.3) is 0 Å². The van der Waals surface area contributed by atoms with E-state index in [1.807, 2.05) is 6.92 Å². The van der Waals surface area contributed by atoms with E-state index in [9.17, 15) is 0 Å². The molecule has 0 saturated heterocycles. The number of hydrogen-bond acceptors (Lipinski definition) is 1. The molecule has 0 amide bonds. The fourth-order valence-electron chi connectivity index (χ4n) is 0.359. The van der Waals surface area contributed by atoms with E-state index in [1.54, 1.807) is 6.08 Å². The Balaban J connectivity index is 2.98. The van der Waals surface area contributed by atoms with Gasteiger partial charge in [0.15, 0.2) is 0 Å². The van der Waals surface area contributed by atoms with Gasteiger partial charge in [0.25, 0.3) is 0 Å². The normalized spacial score (nSPS) is 13.2. The van der Waals surface area contributed by atoms with Crippen LogP contribution >= 0.6 is 0 Å². The van der Waals surface area contributed by atoms with Gasteiger partial charge in [-0.15, -0.1) is 0 Å². The summed E-state index contributed by atoms with van der Waals surface area (Å²) in [6.45, 7) is 9.96. The lowest BCUT2D eigenvalue weighted by atomic mass is 10.4. The minimum atomic E-state index is 0.106. The molecule has 0 aliphatic rings. The Morgan fingerprint density at radius 2 is 2.38 bits per heavy atom. The van der Waals surface area contributed by atoms with Crippen molar-refractivity contribution in [1.29, 1.82) is 0 Å². The quantitative estimate of drug-likeness (QED) is 0.540. The third kappa shape index (κ3) is 3.88. The van der Waals surface area contributed by atoms with Crippen molar-refractivity contribution in [3.05, 3.63) is 12.7 Å². The molecule has 1 heteroatoms. The van der Waals surface area contributed by atoms with E-state index >= 15 is 0 Å². The first-order valence-electron chi connectivity index (χ1n) is 2.98. The molecule has 0 rings (SSSR count). The van der Waals surface area contributed by atoms with Crippen LogP contribution in [0.2, 0.25) is 0 Å².